The molecule has 192 valence electrons. The van der Waals surface area contributed by atoms with Crippen molar-refractivity contribution in [1.82, 2.24) is 14.5 Å². The van der Waals surface area contributed by atoms with Crippen molar-refractivity contribution in [2.75, 3.05) is 0 Å². The highest BCUT2D eigenvalue weighted by atomic mass is 19.1. The summed E-state index contributed by atoms with van der Waals surface area (Å²) >= 11 is 0. The van der Waals surface area contributed by atoms with Gasteiger partial charge in [-0.3, -0.25) is 9.78 Å². The molecule has 7 heteroatoms. The SMILES string of the molecule is C[C@@H](c1nc2ccc(C(N)=O)cc2n1CC1(O)CCC1)C1CCC(c2ccnc3ccc(F)cc23)CC1. The number of nitrogens with two attached hydrogens (primary N) is 1. The lowest BCUT2D eigenvalue weighted by Crippen LogP contribution is -2.41. The summed E-state index contributed by atoms with van der Waals surface area (Å²) in [5.74, 6) is 1.30. The predicted octanol–water partition coefficient (Wildman–Crippen LogP) is 5.82. The average molecular weight is 501 g/mol. The van der Waals surface area contributed by atoms with E-state index in [1.807, 2.05) is 24.4 Å². The van der Waals surface area contributed by atoms with E-state index >= 15 is 0 Å². The Balaban J connectivity index is 1.27. The topological polar surface area (TPSA) is 94.0 Å². The van der Waals surface area contributed by atoms with Gasteiger partial charge in [-0.1, -0.05) is 6.92 Å². The van der Waals surface area contributed by atoms with E-state index in [0.717, 1.165) is 72.7 Å². The second-order valence-corrected chi connectivity index (χ2v) is 11.2. The Bertz CT molecular complexity index is 1480. The molecule has 37 heavy (non-hydrogen) atoms. The van der Waals surface area contributed by atoms with Crippen LogP contribution in [0.15, 0.2) is 48.7 Å². The highest BCUT2D eigenvalue weighted by Gasteiger charge is 2.37. The number of carbonyl (C=O) groups excluding carboxylic acids is 1. The van der Waals surface area contributed by atoms with Crippen LogP contribution in [0.2, 0.25) is 0 Å². The molecule has 2 aromatic carbocycles. The number of aliphatic hydroxyl groups is 1. The number of benzene rings is 2. The highest BCUT2D eigenvalue weighted by molar-refractivity contribution is 5.96. The molecule has 0 unspecified atom stereocenters. The molecule has 0 bridgehead atoms. The molecule has 2 aliphatic carbocycles. The van der Waals surface area contributed by atoms with Gasteiger partial charge in [0.25, 0.3) is 0 Å². The Morgan fingerprint density at radius 1 is 1.14 bits per heavy atom. The molecule has 2 heterocycles. The number of aromatic nitrogens is 3. The fraction of sp³-hybridized carbons (Fsp3) is 0.433. The summed E-state index contributed by atoms with van der Waals surface area (Å²) in [7, 11) is 0. The van der Waals surface area contributed by atoms with Crippen molar-refractivity contribution in [1.29, 1.82) is 0 Å². The standard InChI is InChI=1S/C30H33FN4O2/c1-18(19-3-5-20(6-4-19)23-11-14-33-25-10-8-22(31)16-24(23)25)29-34-26-9-7-21(28(32)36)15-27(26)35(29)17-30(37)12-2-13-30/h7-11,14-16,18-20,37H,2-6,12-13,17H2,1H3,(H2,32,36)/t18-,19?,20?/m1/s1. The number of nitrogens with zero attached hydrogens (tertiary/aromatic N) is 3. The Kier molecular flexibility index (Phi) is 5.98. The third kappa shape index (κ3) is 4.39. The summed E-state index contributed by atoms with van der Waals surface area (Å²) in [6.45, 7) is 2.72. The number of hydrogen-bond acceptors (Lipinski definition) is 4. The van der Waals surface area contributed by atoms with Crippen LogP contribution in [-0.2, 0) is 6.54 Å². The molecule has 2 aliphatic rings. The molecular formula is C30H33FN4O2. The summed E-state index contributed by atoms with van der Waals surface area (Å²) in [6, 6.07) is 12.3. The molecule has 1 amide bonds. The number of primary amides is 1. The van der Waals surface area contributed by atoms with Gasteiger partial charge in [0.05, 0.1) is 28.7 Å². The minimum atomic E-state index is -0.722. The summed E-state index contributed by atoms with van der Waals surface area (Å²) in [5, 5.41) is 11.9. The molecule has 6 nitrogen and oxygen atoms in total. The highest BCUT2D eigenvalue weighted by Crippen LogP contribution is 2.44. The van der Waals surface area contributed by atoms with E-state index in [1.165, 1.54) is 11.6 Å². The van der Waals surface area contributed by atoms with Crippen molar-refractivity contribution >= 4 is 27.8 Å². The minimum absolute atomic E-state index is 0.195. The Labute approximate surface area is 215 Å². The van der Waals surface area contributed by atoms with Crippen molar-refractivity contribution in [3.05, 3.63) is 71.4 Å². The van der Waals surface area contributed by atoms with Gasteiger partial charge in [-0.15, -0.1) is 0 Å². The zero-order chi connectivity index (χ0) is 25.7. The van der Waals surface area contributed by atoms with Crippen molar-refractivity contribution in [3.63, 3.8) is 0 Å². The van der Waals surface area contributed by atoms with Crippen LogP contribution >= 0.6 is 0 Å². The van der Waals surface area contributed by atoms with Gasteiger partial charge in [0.1, 0.15) is 11.6 Å². The van der Waals surface area contributed by atoms with E-state index in [9.17, 15) is 14.3 Å². The molecule has 6 rings (SSSR count). The molecule has 2 saturated carbocycles. The van der Waals surface area contributed by atoms with E-state index in [4.69, 9.17) is 10.7 Å². The second kappa shape index (κ2) is 9.21. The maximum absolute atomic E-state index is 14.0. The molecule has 0 radical (unpaired) electrons. The van der Waals surface area contributed by atoms with Gasteiger partial charge in [-0.05, 0) is 105 Å². The van der Waals surface area contributed by atoms with Gasteiger partial charge in [-0.25, -0.2) is 9.37 Å². The summed E-state index contributed by atoms with van der Waals surface area (Å²) in [5.41, 5.74) is 9.01. The number of amides is 1. The first-order valence-corrected chi connectivity index (χ1v) is 13.4. The molecular weight excluding hydrogens is 467 g/mol. The van der Waals surface area contributed by atoms with Crippen LogP contribution in [0.5, 0.6) is 0 Å². The smallest absolute Gasteiger partial charge is 0.248 e. The summed E-state index contributed by atoms with van der Waals surface area (Å²) in [6.07, 6.45) is 8.57. The van der Waals surface area contributed by atoms with Crippen LogP contribution in [0.3, 0.4) is 0 Å². The molecule has 0 saturated heterocycles. The lowest BCUT2D eigenvalue weighted by molar-refractivity contribution is -0.0473. The van der Waals surface area contributed by atoms with Gasteiger partial charge in [0, 0.05) is 23.1 Å². The van der Waals surface area contributed by atoms with Gasteiger partial charge < -0.3 is 15.4 Å². The number of pyridine rings is 1. The van der Waals surface area contributed by atoms with Crippen LogP contribution in [0.4, 0.5) is 4.39 Å². The first-order valence-electron chi connectivity index (χ1n) is 13.4. The van der Waals surface area contributed by atoms with E-state index in [2.05, 4.69) is 16.5 Å². The third-order valence-corrected chi connectivity index (χ3v) is 8.86. The number of hydrogen-bond donors (Lipinski definition) is 2. The van der Waals surface area contributed by atoms with Crippen LogP contribution in [0.25, 0.3) is 21.9 Å². The summed E-state index contributed by atoms with van der Waals surface area (Å²) < 4.78 is 16.1. The van der Waals surface area contributed by atoms with Gasteiger partial charge in [0.15, 0.2) is 0 Å². The maximum Gasteiger partial charge on any atom is 0.248 e. The Hall–Kier alpha value is -3.32. The fourth-order valence-corrected chi connectivity index (χ4v) is 6.48. The fourth-order valence-electron chi connectivity index (χ4n) is 6.48. The predicted molar refractivity (Wildman–Crippen MR) is 142 cm³/mol. The van der Waals surface area contributed by atoms with Crippen LogP contribution in [0.1, 0.15) is 85.5 Å². The first-order chi connectivity index (χ1) is 17.8. The van der Waals surface area contributed by atoms with Crippen LogP contribution < -0.4 is 5.73 Å². The minimum Gasteiger partial charge on any atom is -0.388 e. The normalized spacial score (nSPS) is 22.1. The zero-order valence-electron chi connectivity index (χ0n) is 21.2. The Morgan fingerprint density at radius 3 is 2.59 bits per heavy atom. The number of carbonyl (C=O) groups is 1. The van der Waals surface area contributed by atoms with Crippen molar-refractivity contribution in [3.8, 4) is 0 Å². The average Bonchev–Trinajstić information content (AvgIpc) is 3.24. The van der Waals surface area contributed by atoms with Gasteiger partial charge >= 0.3 is 0 Å². The molecule has 0 spiro atoms. The van der Waals surface area contributed by atoms with Crippen LogP contribution in [-0.4, -0.2) is 31.1 Å². The molecule has 2 aromatic heterocycles. The van der Waals surface area contributed by atoms with Crippen molar-refractivity contribution in [2.24, 2.45) is 11.7 Å². The number of halogens is 1. The maximum atomic E-state index is 14.0. The van der Waals surface area contributed by atoms with E-state index < -0.39 is 11.5 Å². The number of fused-ring (bicyclic) bond motifs is 2. The number of imidazole rings is 1. The lowest BCUT2D eigenvalue weighted by atomic mass is 9.73. The molecule has 4 aromatic rings. The zero-order valence-corrected chi connectivity index (χ0v) is 21.2. The van der Waals surface area contributed by atoms with Gasteiger partial charge in [0.2, 0.25) is 5.91 Å². The molecule has 3 N–H and O–H groups in total. The van der Waals surface area contributed by atoms with Crippen molar-refractivity contribution in [2.45, 2.75) is 75.9 Å². The first kappa shape index (κ1) is 24.0. The summed E-state index contributed by atoms with van der Waals surface area (Å²) in [4.78, 5) is 21.3. The van der Waals surface area contributed by atoms with Crippen LogP contribution in [0, 0.1) is 11.7 Å². The van der Waals surface area contributed by atoms with E-state index in [0.29, 0.717) is 23.9 Å². The quantitative estimate of drug-likeness (QED) is 0.349. The molecule has 1 atom stereocenters. The van der Waals surface area contributed by atoms with Crippen molar-refractivity contribution < 1.29 is 14.3 Å². The van der Waals surface area contributed by atoms with E-state index in [-0.39, 0.29) is 11.7 Å². The third-order valence-electron chi connectivity index (χ3n) is 8.86. The largest absolute Gasteiger partial charge is 0.388 e. The van der Waals surface area contributed by atoms with E-state index in [1.54, 1.807) is 18.2 Å². The lowest BCUT2D eigenvalue weighted by Gasteiger charge is -2.38. The monoisotopic (exact) mass is 500 g/mol. The molecule has 2 fully saturated rings. The molecule has 0 aliphatic heterocycles. The Morgan fingerprint density at radius 2 is 1.89 bits per heavy atom. The second-order valence-electron chi connectivity index (χ2n) is 11.2. The number of rotatable bonds is 6. The van der Waals surface area contributed by atoms with Gasteiger partial charge in [-0.2, -0.15) is 0 Å².